The van der Waals surface area contributed by atoms with Crippen molar-refractivity contribution in [3.63, 3.8) is 0 Å². The first-order valence-electron chi connectivity index (χ1n) is 5.55. The number of H-pyrrole nitrogens is 1. The van der Waals surface area contributed by atoms with Gasteiger partial charge in [-0.2, -0.15) is 0 Å². The lowest BCUT2D eigenvalue weighted by molar-refractivity contribution is 0.830. The zero-order chi connectivity index (χ0) is 12.3. The van der Waals surface area contributed by atoms with Crippen molar-refractivity contribution >= 4 is 11.6 Å². The second kappa shape index (κ2) is 4.82. The summed E-state index contributed by atoms with van der Waals surface area (Å²) in [6.07, 6.45) is 9.39. The Morgan fingerprint density at radius 1 is 1.59 bits per heavy atom. The van der Waals surface area contributed by atoms with Crippen molar-refractivity contribution in [3.05, 3.63) is 48.6 Å². The van der Waals surface area contributed by atoms with Gasteiger partial charge < -0.3 is 9.55 Å². The number of imidazole rings is 2. The van der Waals surface area contributed by atoms with Crippen LogP contribution in [0.2, 0.25) is 0 Å². The van der Waals surface area contributed by atoms with Gasteiger partial charge in [0.25, 0.3) is 0 Å². The van der Waals surface area contributed by atoms with Crippen molar-refractivity contribution in [2.75, 3.05) is 0 Å². The molecule has 4 nitrogen and oxygen atoms in total. The van der Waals surface area contributed by atoms with Crippen molar-refractivity contribution < 1.29 is 0 Å². The van der Waals surface area contributed by atoms with Crippen LogP contribution in [-0.2, 0) is 6.54 Å². The van der Waals surface area contributed by atoms with Crippen LogP contribution in [0.1, 0.15) is 24.1 Å². The molecule has 2 rings (SSSR count). The molecular formula is C13H16N4. The zero-order valence-corrected chi connectivity index (χ0v) is 10.1. The van der Waals surface area contributed by atoms with Crippen molar-refractivity contribution in [2.24, 2.45) is 0 Å². The quantitative estimate of drug-likeness (QED) is 0.874. The van der Waals surface area contributed by atoms with Gasteiger partial charge in [-0.15, -0.1) is 0 Å². The van der Waals surface area contributed by atoms with Gasteiger partial charge in [-0.1, -0.05) is 12.7 Å². The van der Waals surface area contributed by atoms with E-state index in [0.717, 1.165) is 29.3 Å². The number of nitrogens with one attached hydrogen (secondary N) is 1. The van der Waals surface area contributed by atoms with Crippen LogP contribution < -0.4 is 0 Å². The van der Waals surface area contributed by atoms with Crippen LogP contribution in [0.15, 0.2) is 31.4 Å². The van der Waals surface area contributed by atoms with E-state index in [9.17, 15) is 0 Å². The van der Waals surface area contributed by atoms with Gasteiger partial charge >= 0.3 is 0 Å². The van der Waals surface area contributed by atoms with Crippen molar-refractivity contribution in [1.82, 2.24) is 19.5 Å². The fourth-order valence-electron chi connectivity index (χ4n) is 1.78. The summed E-state index contributed by atoms with van der Waals surface area (Å²) in [6, 6.07) is 0. The summed E-state index contributed by atoms with van der Waals surface area (Å²) in [5, 5.41) is 0. The number of aromatic nitrogens is 4. The smallest absolute Gasteiger partial charge is 0.104 e. The topological polar surface area (TPSA) is 46.5 Å². The largest absolute Gasteiger partial charge is 0.342 e. The third-order valence-corrected chi connectivity index (χ3v) is 2.62. The second-order valence-corrected chi connectivity index (χ2v) is 3.84. The molecule has 2 aromatic rings. The average molecular weight is 228 g/mol. The number of nitrogens with zero attached hydrogens (tertiary/aromatic N) is 3. The molecule has 1 N–H and O–H groups in total. The summed E-state index contributed by atoms with van der Waals surface area (Å²) in [5.41, 5.74) is 3.09. The van der Waals surface area contributed by atoms with E-state index < -0.39 is 0 Å². The highest BCUT2D eigenvalue weighted by atomic mass is 15.0. The van der Waals surface area contributed by atoms with Crippen LogP contribution >= 0.6 is 0 Å². The minimum absolute atomic E-state index is 0.766. The summed E-state index contributed by atoms with van der Waals surface area (Å²) in [4.78, 5) is 11.7. The maximum atomic E-state index is 4.50. The molecule has 0 aliphatic carbocycles. The first-order valence-corrected chi connectivity index (χ1v) is 5.55. The predicted molar refractivity (Wildman–Crippen MR) is 69.3 cm³/mol. The van der Waals surface area contributed by atoms with Gasteiger partial charge in [0.1, 0.15) is 5.82 Å². The lowest BCUT2D eigenvalue weighted by Gasteiger charge is -2.06. The van der Waals surface area contributed by atoms with Crippen LogP contribution in [0.5, 0.6) is 0 Å². The van der Waals surface area contributed by atoms with E-state index in [2.05, 4.69) is 27.6 Å². The molecule has 0 amide bonds. The highest BCUT2D eigenvalue weighted by molar-refractivity contribution is 5.69. The fraction of sp³-hybridized carbons (Fsp3) is 0.231. The van der Waals surface area contributed by atoms with Crippen LogP contribution in [0, 0.1) is 6.92 Å². The van der Waals surface area contributed by atoms with Gasteiger partial charge in [0.2, 0.25) is 0 Å². The Morgan fingerprint density at radius 3 is 3.00 bits per heavy atom. The van der Waals surface area contributed by atoms with Crippen LogP contribution in [-0.4, -0.2) is 19.5 Å². The summed E-state index contributed by atoms with van der Waals surface area (Å²) < 4.78 is 2.02. The van der Waals surface area contributed by atoms with E-state index >= 15 is 0 Å². The number of aryl methyl sites for hydroxylation is 1. The second-order valence-electron chi connectivity index (χ2n) is 3.84. The molecule has 2 aromatic heterocycles. The minimum atomic E-state index is 0.766. The molecule has 0 unspecified atom stereocenters. The Kier molecular flexibility index (Phi) is 3.23. The lowest BCUT2D eigenvalue weighted by atomic mass is 10.1. The molecule has 0 atom stereocenters. The normalized spacial score (nSPS) is 11.8. The maximum absolute atomic E-state index is 4.50. The van der Waals surface area contributed by atoms with E-state index in [4.69, 9.17) is 0 Å². The Labute approximate surface area is 101 Å². The fourth-order valence-corrected chi connectivity index (χ4v) is 1.78. The van der Waals surface area contributed by atoms with Gasteiger partial charge in [-0.25, -0.2) is 9.97 Å². The SMILES string of the molecule is C=Cc1[nH]c(C)nc1/C(=C\C)Cn1ccnc1. The van der Waals surface area contributed by atoms with E-state index in [0.29, 0.717) is 0 Å². The monoisotopic (exact) mass is 228 g/mol. The molecular weight excluding hydrogens is 212 g/mol. The molecule has 0 saturated carbocycles. The molecule has 4 heteroatoms. The molecule has 0 aromatic carbocycles. The van der Waals surface area contributed by atoms with Gasteiger partial charge in [-0.3, -0.25) is 0 Å². The number of hydrogen-bond acceptors (Lipinski definition) is 2. The Hall–Kier alpha value is -2.10. The average Bonchev–Trinajstić information content (AvgIpc) is 2.94. The third-order valence-electron chi connectivity index (χ3n) is 2.62. The summed E-state index contributed by atoms with van der Waals surface area (Å²) in [5.74, 6) is 0.903. The van der Waals surface area contributed by atoms with Gasteiger partial charge in [0.15, 0.2) is 0 Å². The maximum Gasteiger partial charge on any atom is 0.104 e. The standard InChI is InChI=1S/C13H16N4/c1-4-11(8-17-7-6-14-9-17)13-12(5-2)15-10(3)16-13/h4-7,9H,2,8H2,1,3H3,(H,15,16)/b11-4-. The number of hydrogen-bond donors (Lipinski definition) is 1. The van der Waals surface area contributed by atoms with Crippen LogP contribution in [0.3, 0.4) is 0 Å². The van der Waals surface area contributed by atoms with Crippen molar-refractivity contribution in [3.8, 4) is 0 Å². The van der Waals surface area contributed by atoms with Gasteiger partial charge in [-0.05, 0) is 25.5 Å². The molecule has 0 aliphatic heterocycles. The van der Waals surface area contributed by atoms with Crippen LogP contribution in [0.25, 0.3) is 11.6 Å². The summed E-state index contributed by atoms with van der Waals surface area (Å²) in [6.45, 7) is 8.53. The molecule has 0 radical (unpaired) electrons. The molecule has 0 aliphatic rings. The highest BCUT2D eigenvalue weighted by Gasteiger charge is 2.10. The molecule has 0 saturated heterocycles. The van der Waals surface area contributed by atoms with E-state index in [1.54, 1.807) is 18.6 Å². The third kappa shape index (κ3) is 2.36. The summed E-state index contributed by atoms with van der Waals surface area (Å²) in [7, 11) is 0. The lowest BCUT2D eigenvalue weighted by Crippen LogP contribution is -1.99. The Morgan fingerprint density at radius 2 is 2.41 bits per heavy atom. The Bertz CT molecular complexity index is 532. The first kappa shape index (κ1) is 11.4. The van der Waals surface area contributed by atoms with Crippen molar-refractivity contribution in [2.45, 2.75) is 20.4 Å². The first-order chi connectivity index (χ1) is 8.24. The molecule has 0 bridgehead atoms. The summed E-state index contributed by atoms with van der Waals surface area (Å²) >= 11 is 0. The number of allylic oxidation sites excluding steroid dienone is 2. The predicted octanol–water partition coefficient (Wildman–Crippen LogP) is 2.66. The van der Waals surface area contributed by atoms with Gasteiger partial charge in [0, 0.05) is 12.4 Å². The van der Waals surface area contributed by atoms with E-state index in [1.807, 2.05) is 24.6 Å². The number of aromatic amines is 1. The number of rotatable bonds is 4. The molecule has 2 heterocycles. The molecule has 0 spiro atoms. The minimum Gasteiger partial charge on any atom is -0.342 e. The van der Waals surface area contributed by atoms with Crippen LogP contribution in [0.4, 0.5) is 0 Å². The van der Waals surface area contributed by atoms with Crippen molar-refractivity contribution in [1.29, 1.82) is 0 Å². The zero-order valence-electron chi connectivity index (χ0n) is 10.1. The Balaban J connectivity index is 2.32. The molecule has 88 valence electrons. The van der Waals surface area contributed by atoms with Gasteiger partial charge in [0.05, 0.1) is 24.3 Å². The van der Waals surface area contributed by atoms with E-state index in [1.165, 1.54) is 0 Å². The highest BCUT2D eigenvalue weighted by Crippen LogP contribution is 2.19. The molecule has 17 heavy (non-hydrogen) atoms. The van der Waals surface area contributed by atoms with E-state index in [-0.39, 0.29) is 0 Å². The molecule has 0 fully saturated rings.